The maximum atomic E-state index is 11.7. The first-order valence-corrected chi connectivity index (χ1v) is 9.41. The summed E-state index contributed by atoms with van der Waals surface area (Å²) in [5.41, 5.74) is 0. The second kappa shape index (κ2) is 17.5. The first-order chi connectivity index (χ1) is 11.2. The van der Waals surface area contributed by atoms with Crippen molar-refractivity contribution in [3.63, 3.8) is 0 Å². The van der Waals surface area contributed by atoms with Gasteiger partial charge in [-0.05, 0) is 39.3 Å². The van der Waals surface area contributed by atoms with Crippen molar-refractivity contribution in [3.05, 3.63) is 12.2 Å². The van der Waals surface area contributed by atoms with Gasteiger partial charge in [-0.3, -0.25) is 9.69 Å². The number of nitrogens with zero attached hydrogens (tertiary/aromatic N) is 1. The van der Waals surface area contributed by atoms with Gasteiger partial charge in [-0.15, -0.1) is 0 Å². The smallest absolute Gasteiger partial charge is 0.221 e. The van der Waals surface area contributed by atoms with Gasteiger partial charge in [-0.2, -0.15) is 0 Å². The predicted octanol–water partition coefficient (Wildman–Crippen LogP) is 3.85. The fourth-order valence-electron chi connectivity index (χ4n) is 2.38. The maximum Gasteiger partial charge on any atom is 0.221 e. The number of aliphatic hydroxyl groups is 1. The molecule has 23 heavy (non-hydrogen) atoms. The number of hydrogen-bond donors (Lipinski definition) is 2. The quantitative estimate of drug-likeness (QED) is 0.257. The predicted molar refractivity (Wildman–Crippen MR) is 98.3 cm³/mol. The Bertz CT molecular complexity index is 293. The van der Waals surface area contributed by atoms with E-state index in [2.05, 4.69) is 36.3 Å². The summed E-state index contributed by atoms with van der Waals surface area (Å²) in [6.45, 7) is 4.16. The number of aliphatic hydroxyl groups excluding tert-OH is 1. The van der Waals surface area contributed by atoms with Crippen molar-refractivity contribution in [2.75, 3.05) is 26.9 Å². The van der Waals surface area contributed by atoms with Gasteiger partial charge in [-0.1, -0.05) is 57.6 Å². The van der Waals surface area contributed by atoms with Crippen LogP contribution in [0.15, 0.2) is 12.2 Å². The van der Waals surface area contributed by atoms with Gasteiger partial charge in [0.1, 0.15) is 0 Å². The lowest BCUT2D eigenvalue weighted by molar-refractivity contribution is -0.121. The summed E-state index contributed by atoms with van der Waals surface area (Å²) < 4.78 is 0. The summed E-state index contributed by atoms with van der Waals surface area (Å²) in [5, 5.41) is 11.7. The summed E-state index contributed by atoms with van der Waals surface area (Å²) >= 11 is 0. The molecule has 0 rings (SSSR count). The van der Waals surface area contributed by atoms with Crippen molar-refractivity contribution in [1.82, 2.24) is 10.2 Å². The molecule has 0 aliphatic heterocycles. The van der Waals surface area contributed by atoms with E-state index in [4.69, 9.17) is 5.11 Å². The minimum absolute atomic E-state index is 0.141. The van der Waals surface area contributed by atoms with E-state index in [1.54, 1.807) is 0 Å². The van der Waals surface area contributed by atoms with Crippen molar-refractivity contribution in [1.29, 1.82) is 0 Å². The summed E-state index contributed by atoms with van der Waals surface area (Å²) in [6.07, 6.45) is 16.3. The van der Waals surface area contributed by atoms with E-state index in [1.807, 2.05) is 0 Å². The molecule has 4 heteroatoms. The van der Waals surface area contributed by atoms with Crippen LogP contribution in [-0.2, 0) is 4.79 Å². The highest BCUT2D eigenvalue weighted by Gasteiger charge is 2.02. The van der Waals surface area contributed by atoms with Gasteiger partial charge in [-0.25, -0.2) is 0 Å². The van der Waals surface area contributed by atoms with Crippen molar-refractivity contribution in [2.24, 2.45) is 0 Å². The van der Waals surface area contributed by atoms with Crippen LogP contribution >= 0.6 is 0 Å². The first-order valence-electron chi connectivity index (χ1n) is 9.41. The summed E-state index contributed by atoms with van der Waals surface area (Å²) in [7, 11) is 2.06. The lowest BCUT2D eigenvalue weighted by Gasteiger charge is -2.17. The average molecular weight is 327 g/mol. The Hall–Kier alpha value is -0.870. The SMILES string of the molecule is CCC/C=C/CCC(=O)NCN(C)CCCCCCCCCO. The van der Waals surface area contributed by atoms with E-state index in [0.717, 1.165) is 38.6 Å². The van der Waals surface area contributed by atoms with Crippen molar-refractivity contribution in [3.8, 4) is 0 Å². The number of unbranched alkanes of at least 4 members (excludes halogenated alkanes) is 7. The Balaban J connectivity index is 3.38. The van der Waals surface area contributed by atoms with Crippen LogP contribution in [0, 0.1) is 0 Å². The van der Waals surface area contributed by atoms with Crippen molar-refractivity contribution in [2.45, 2.75) is 77.6 Å². The molecule has 0 unspecified atom stereocenters. The molecular formula is C19H38N2O2. The van der Waals surface area contributed by atoms with Crippen LogP contribution in [0.3, 0.4) is 0 Å². The van der Waals surface area contributed by atoms with E-state index in [0.29, 0.717) is 19.7 Å². The number of allylic oxidation sites excluding steroid dienone is 2. The van der Waals surface area contributed by atoms with Gasteiger partial charge in [0.2, 0.25) is 5.91 Å². The second-order valence-electron chi connectivity index (χ2n) is 6.33. The fraction of sp³-hybridized carbons (Fsp3) is 0.842. The molecule has 0 aromatic carbocycles. The Morgan fingerprint density at radius 1 is 1.00 bits per heavy atom. The van der Waals surface area contributed by atoms with Crippen LogP contribution in [0.25, 0.3) is 0 Å². The number of amides is 1. The normalized spacial score (nSPS) is 11.5. The lowest BCUT2D eigenvalue weighted by atomic mass is 10.1. The van der Waals surface area contributed by atoms with E-state index >= 15 is 0 Å². The highest BCUT2D eigenvalue weighted by atomic mass is 16.2. The monoisotopic (exact) mass is 326 g/mol. The van der Waals surface area contributed by atoms with Crippen LogP contribution in [0.2, 0.25) is 0 Å². The second-order valence-corrected chi connectivity index (χ2v) is 6.33. The molecule has 136 valence electrons. The topological polar surface area (TPSA) is 52.6 Å². The molecule has 1 amide bonds. The zero-order valence-corrected chi connectivity index (χ0v) is 15.4. The van der Waals surface area contributed by atoms with Gasteiger partial charge >= 0.3 is 0 Å². The van der Waals surface area contributed by atoms with Gasteiger partial charge in [0.15, 0.2) is 0 Å². The summed E-state index contributed by atoms with van der Waals surface area (Å²) in [5.74, 6) is 0.141. The molecule has 0 saturated carbocycles. The molecule has 0 atom stereocenters. The molecule has 0 radical (unpaired) electrons. The highest BCUT2D eigenvalue weighted by Crippen LogP contribution is 2.07. The van der Waals surface area contributed by atoms with Crippen LogP contribution in [0.4, 0.5) is 0 Å². The van der Waals surface area contributed by atoms with Gasteiger partial charge in [0.25, 0.3) is 0 Å². The van der Waals surface area contributed by atoms with E-state index in [-0.39, 0.29) is 5.91 Å². The molecule has 2 N–H and O–H groups in total. The molecule has 0 spiro atoms. The average Bonchev–Trinajstić information content (AvgIpc) is 2.55. The molecule has 4 nitrogen and oxygen atoms in total. The minimum atomic E-state index is 0.141. The number of carbonyl (C=O) groups excluding carboxylic acids is 1. The third-order valence-electron chi connectivity index (χ3n) is 3.90. The van der Waals surface area contributed by atoms with Crippen LogP contribution < -0.4 is 5.32 Å². The van der Waals surface area contributed by atoms with Gasteiger partial charge in [0, 0.05) is 13.0 Å². The van der Waals surface area contributed by atoms with Crippen molar-refractivity contribution >= 4 is 5.91 Å². The van der Waals surface area contributed by atoms with Crippen LogP contribution in [-0.4, -0.2) is 42.8 Å². The third kappa shape index (κ3) is 17.3. The lowest BCUT2D eigenvalue weighted by Crippen LogP contribution is -2.35. The van der Waals surface area contributed by atoms with E-state index in [1.165, 1.54) is 32.1 Å². The number of nitrogens with one attached hydrogen (secondary N) is 1. The number of rotatable bonds is 16. The number of carbonyl (C=O) groups is 1. The van der Waals surface area contributed by atoms with Gasteiger partial charge < -0.3 is 10.4 Å². The Morgan fingerprint density at radius 2 is 1.61 bits per heavy atom. The standard InChI is InChI=1S/C19H38N2O2/c1-3-4-5-9-12-15-19(23)20-18-21(2)16-13-10-7-6-8-11-14-17-22/h5,9,22H,3-4,6-8,10-18H2,1-2H3,(H,20,23)/b9-5+. The van der Waals surface area contributed by atoms with Crippen molar-refractivity contribution < 1.29 is 9.90 Å². The van der Waals surface area contributed by atoms with Gasteiger partial charge in [0.05, 0.1) is 6.67 Å². The number of hydrogen-bond acceptors (Lipinski definition) is 3. The molecule has 0 heterocycles. The molecule has 0 bridgehead atoms. The molecule has 0 aromatic rings. The molecule has 0 aliphatic carbocycles. The zero-order valence-electron chi connectivity index (χ0n) is 15.4. The van der Waals surface area contributed by atoms with E-state index in [9.17, 15) is 4.79 Å². The highest BCUT2D eigenvalue weighted by molar-refractivity contribution is 5.75. The molecule has 0 aromatic heterocycles. The molecule has 0 aliphatic rings. The van der Waals surface area contributed by atoms with Crippen LogP contribution in [0.1, 0.15) is 77.6 Å². The molecule has 0 fully saturated rings. The fourth-order valence-corrected chi connectivity index (χ4v) is 2.38. The summed E-state index contributed by atoms with van der Waals surface area (Å²) in [4.78, 5) is 13.9. The largest absolute Gasteiger partial charge is 0.396 e. The van der Waals surface area contributed by atoms with E-state index < -0.39 is 0 Å². The Morgan fingerprint density at radius 3 is 2.26 bits per heavy atom. The van der Waals surface area contributed by atoms with Crippen LogP contribution in [0.5, 0.6) is 0 Å². The zero-order chi connectivity index (χ0) is 17.2. The Labute approximate surface area is 143 Å². The minimum Gasteiger partial charge on any atom is -0.396 e. The third-order valence-corrected chi connectivity index (χ3v) is 3.90. The molecular weight excluding hydrogens is 288 g/mol. The first kappa shape index (κ1) is 22.1. The Kier molecular flexibility index (Phi) is 16.8. The summed E-state index contributed by atoms with van der Waals surface area (Å²) in [6, 6.07) is 0. The maximum absolute atomic E-state index is 11.7. The molecule has 0 saturated heterocycles.